The van der Waals surface area contributed by atoms with E-state index in [4.69, 9.17) is 9.84 Å². The van der Waals surface area contributed by atoms with E-state index in [9.17, 15) is 9.59 Å². The molecule has 0 aromatic carbocycles. The summed E-state index contributed by atoms with van der Waals surface area (Å²) in [5.74, 6) is -1.44. The Balaban J connectivity index is 2.18. The van der Waals surface area contributed by atoms with Gasteiger partial charge in [0.1, 0.15) is 6.04 Å². The number of ether oxygens (including phenoxy) is 1. The summed E-state index contributed by atoms with van der Waals surface area (Å²) < 4.78 is 8.69. The fraction of sp³-hybridized carbons (Fsp3) is 0.556. The molecule has 1 N–H and O–H groups in total. The van der Waals surface area contributed by atoms with Crippen molar-refractivity contribution < 1.29 is 19.4 Å². The average Bonchev–Trinajstić information content (AvgIpc) is 2.97. The summed E-state index contributed by atoms with van der Waals surface area (Å²) in [7, 11) is 1.50. The van der Waals surface area contributed by atoms with Crippen molar-refractivity contribution in [2.24, 2.45) is 0 Å². The second kappa shape index (κ2) is 4.76. The van der Waals surface area contributed by atoms with Crippen molar-refractivity contribution in [1.29, 1.82) is 0 Å². The van der Waals surface area contributed by atoms with Gasteiger partial charge in [0.2, 0.25) is 0 Å². The number of carbonyl (C=O) groups excluding carboxylic acids is 1. The van der Waals surface area contributed by atoms with Crippen molar-refractivity contribution in [2.45, 2.75) is 18.6 Å². The predicted molar refractivity (Wildman–Crippen MR) is 57.8 cm³/mol. The van der Waals surface area contributed by atoms with E-state index in [2.05, 4.69) is 9.59 Å². The molecule has 7 nitrogen and oxygen atoms in total. The predicted octanol–water partition coefficient (Wildman–Crippen LogP) is -0.148. The van der Waals surface area contributed by atoms with Gasteiger partial charge in [-0.25, -0.2) is 4.79 Å². The molecule has 0 bridgehead atoms. The number of nitrogens with zero attached hydrogens (tertiary/aromatic N) is 3. The van der Waals surface area contributed by atoms with Crippen molar-refractivity contribution >= 4 is 23.4 Å². The Morgan fingerprint density at radius 3 is 2.94 bits per heavy atom. The molecule has 1 aliphatic rings. The molecule has 0 radical (unpaired) electrons. The summed E-state index contributed by atoms with van der Waals surface area (Å²) in [6.45, 7) is 0.268. The van der Waals surface area contributed by atoms with Gasteiger partial charge in [-0.05, 0) is 11.5 Å². The smallest absolute Gasteiger partial charge is 0.326 e. The molecule has 1 aromatic rings. The Labute approximate surface area is 101 Å². The molecule has 1 amide bonds. The van der Waals surface area contributed by atoms with Crippen LogP contribution in [-0.4, -0.2) is 57.3 Å². The Morgan fingerprint density at radius 2 is 2.41 bits per heavy atom. The quantitative estimate of drug-likeness (QED) is 0.809. The molecule has 2 unspecified atom stereocenters. The average molecular weight is 257 g/mol. The first-order valence-electron chi connectivity index (χ1n) is 4.97. The van der Waals surface area contributed by atoms with E-state index in [0.29, 0.717) is 6.42 Å². The van der Waals surface area contributed by atoms with Crippen LogP contribution >= 0.6 is 11.5 Å². The lowest BCUT2D eigenvalue weighted by Crippen LogP contribution is -2.40. The highest BCUT2D eigenvalue weighted by Gasteiger charge is 2.40. The van der Waals surface area contributed by atoms with Crippen LogP contribution in [0.1, 0.15) is 16.9 Å². The molecule has 0 saturated carbocycles. The molecule has 1 saturated heterocycles. The molecule has 92 valence electrons. The second-order valence-corrected chi connectivity index (χ2v) is 4.30. The van der Waals surface area contributed by atoms with Crippen molar-refractivity contribution in [3.8, 4) is 0 Å². The zero-order chi connectivity index (χ0) is 12.4. The Kier molecular flexibility index (Phi) is 3.34. The maximum atomic E-state index is 12.0. The summed E-state index contributed by atoms with van der Waals surface area (Å²) in [6.07, 6.45) is 0.0569. The molecule has 1 fully saturated rings. The number of aromatic nitrogens is 2. The van der Waals surface area contributed by atoms with E-state index < -0.39 is 17.9 Å². The third-order valence-corrected chi connectivity index (χ3v) is 3.23. The van der Waals surface area contributed by atoms with Gasteiger partial charge in [0, 0.05) is 25.5 Å². The number of amides is 1. The topological polar surface area (TPSA) is 92.6 Å². The van der Waals surface area contributed by atoms with Gasteiger partial charge in [-0.1, -0.05) is 4.49 Å². The molecule has 1 aromatic heterocycles. The number of carboxylic acids is 1. The van der Waals surface area contributed by atoms with Gasteiger partial charge in [0.15, 0.2) is 5.69 Å². The summed E-state index contributed by atoms with van der Waals surface area (Å²) in [6, 6.07) is -0.853. The van der Waals surface area contributed by atoms with Crippen LogP contribution in [-0.2, 0) is 9.53 Å². The van der Waals surface area contributed by atoms with Gasteiger partial charge >= 0.3 is 5.97 Å². The van der Waals surface area contributed by atoms with E-state index in [-0.39, 0.29) is 18.3 Å². The van der Waals surface area contributed by atoms with Crippen molar-refractivity contribution in [3.05, 3.63) is 11.1 Å². The van der Waals surface area contributed by atoms with Gasteiger partial charge in [0.05, 0.1) is 6.10 Å². The van der Waals surface area contributed by atoms with Crippen LogP contribution in [0.3, 0.4) is 0 Å². The van der Waals surface area contributed by atoms with Crippen LogP contribution in [0, 0.1) is 0 Å². The van der Waals surface area contributed by atoms with E-state index >= 15 is 0 Å². The highest BCUT2D eigenvalue weighted by Crippen LogP contribution is 2.22. The highest BCUT2D eigenvalue weighted by atomic mass is 32.1. The highest BCUT2D eigenvalue weighted by molar-refractivity contribution is 7.03. The molecule has 0 spiro atoms. The van der Waals surface area contributed by atoms with Crippen LogP contribution in [0.5, 0.6) is 0 Å². The molecular formula is C9H11N3O4S. The number of hydrogen-bond donors (Lipinski definition) is 1. The summed E-state index contributed by atoms with van der Waals surface area (Å²) in [5.41, 5.74) is 0.179. The van der Waals surface area contributed by atoms with Crippen LogP contribution in [0.25, 0.3) is 0 Å². The van der Waals surface area contributed by atoms with Gasteiger partial charge < -0.3 is 14.7 Å². The van der Waals surface area contributed by atoms with Crippen LogP contribution in [0.4, 0.5) is 0 Å². The maximum Gasteiger partial charge on any atom is 0.326 e. The van der Waals surface area contributed by atoms with Crippen molar-refractivity contribution in [2.75, 3.05) is 13.7 Å². The number of aliphatic carboxylic acids is 1. The lowest BCUT2D eigenvalue weighted by molar-refractivity contribution is -0.141. The zero-order valence-corrected chi connectivity index (χ0v) is 9.88. The first-order valence-corrected chi connectivity index (χ1v) is 5.80. The Morgan fingerprint density at radius 1 is 1.65 bits per heavy atom. The van der Waals surface area contributed by atoms with E-state index in [1.54, 1.807) is 0 Å². The fourth-order valence-electron chi connectivity index (χ4n) is 1.83. The molecule has 17 heavy (non-hydrogen) atoms. The third kappa shape index (κ3) is 2.27. The van der Waals surface area contributed by atoms with E-state index in [1.165, 1.54) is 17.4 Å². The molecule has 1 aliphatic heterocycles. The maximum absolute atomic E-state index is 12.0. The first-order chi connectivity index (χ1) is 8.13. The van der Waals surface area contributed by atoms with Crippen LogP contribution < -0.4 is 0 Å². The van der Waals surface area contributed by atoms with Gasteiger partial charge in [-0.2, -0.15) is 0 Å². The zero-order valence-electron chi connectivity index (χ0n) is 9.07. The number of hydrogen-bond acceptors (Lipinski definition) is 6. The number of carboxylic acid groups (broad SMARTS) is 1. The number of rotatable bonds is 3. The Bertz CT molecular complexity index is 422. The van der Waals surface area contributed by atoms with Crippen LogP contribution in [0.15, 0.2) is 5.38 Å². The minimum atomic E-state index is -1.03. The normalized spacial score (nSPS) is 23.9. The number of likely N-dealkylation sites (tertiary alicyclic amines) is 1. The van der Waals surface area contributed by atoms with Crippen molar-refractivity contribution in [3.63, 3.8) is 0 Å². The second-order valence-electron chi connectivity index (χ2n) is 3.70. The molecule has 2 atom stereocenters. The van der Waals surface area contributed by atoms with Crippen LogP contribution in [0.2, 0.25) is 0 Å². The van der Waals surface area contributed by atoms with Crippen molar-refractivity contribution in [1.82, 2.24) is 14.5 Å². The van der Waals surface area contributed by atoms with E-state index in [0.717, 1.165) is 11.5 Å². The number of methoxy groups -OCH3 is 1. The summed E-state index contributed by atoms with van der Waals surface area (Å²) in [4.78, 5) is 24.3. The summed E-state index contributed by atoms with van der Waals surface area (Å²) >= 11 is 1.06. The molecule has 8 heteroatoms. The van der Waals surface area contributed by atoms with E-state index in [1.807, 2.05) is 0 Å². The lowest BCUT2D eigenvalue weighted by atomic mass is 10.2. The minimum absolute atomic E-state index is 0.179. The molecular weight excluding hydrogens is 246 g/mol. The lowest BCUT2D eigenvalue weighted by Gasteiger charge is -2.19. The largest absolute Gasteiger partial charge is 0.480 e. The fourth-order valence-corrected chi connectivity index (χ4v) is 2.26. The Hall–Kier alpha value is -1.54. The monoisotopic (exact) mass is 257 g/mol. The SMILES string of the molecule is COC1CC(C(=O)O)N(C(=O)c2csnn2)C1. The van der Waals surface area contributed by atoms with Gasteiger partial charge in [-0.15, -0.1) is 5.10 Å². The third-order valence-electron chi connectivity index (χ3n) is 2.72. The molecule has 2 heterocycles. The van der Waals surface area contributed by atoms with Gasteiger partial charge in [-0.3, -0.25) is 4.79 Å². The minimum Gasteiger partial charge on any atom is -0.480 e. The first kappa shape index (κ1) is 11.9. The molecule has 2 rings (SSSR count). The number of carbonyl (C=O) groups is 2. The van der Waals surface area contributed by atoms with Gasteiger partial charge in [0.25, 0.3) is 5.91 Å². The summed E-state index contributed by atoms with van der Waals surface area (Å²) in [5, 5.41) is 14.2. The molecule has 0 aliphatic carbocycles. The standard InChI is InChI=1S/C9H11N3O4S/c1-16-5-2-7(9(14)15)12(3-5)8(13)6-4-17-11-10-6/h4-5,7H,2-3H2,1H3,(H,14,15).